The molecule has 1 heterocycles. The molecule has 0 aliphatic heterocycles. The number of hydrogen-bond donors (Lipinski definition) is 2. The molecule has 1 rings (SSSR count). The first kappa shape index (κ1) is 9.60. The summed E-state index contributed by atoms with van der Waals surface area (Å²) >= 11 is 5.71. The summed E-state index contributed by atoms with van der Waals surface area (Å²) < 4.78 is 4.85. The fourth-order valence-corrected chi connectivity index (χ4v) is 0.943. The standard InChI is InChI=1S/C7H8ClN3O2/c1-13-7-4(8)2-3-5(10-7)6(9)11-12/h2-3,12H,1H3,(H2,9,11). The van der Waals surface area contributed by atoms with E-state index >= 15 is 0 Å². The fourth-order valence-electron chi connectivity index (χ4n) is 0.760. The molecule has 0 aliphatic rings. The molecular formula is C7H8ClN3O2. The number of oxime groups is 1. The Morgan fingerprint density at radius 2 is 2.38 bits per heavy atom. The Morgan fingerprint density at radius 1 is 1.69 bits per heavy atom. The summed E-state index contributed by atoms with van der Waals surface area (Å²) in [5.41, 5.74) is 5.62. The van der Waals surface area contributed by atoms with Gasteiger partial charge < -0.3 is 15.7 Å². The summed E-state index contributed by atoms with van der Waals surface area (Å²) in [7, 11) is 1.43. The summed E-state index contributed by atoms with van der Waals surface area (Å²) in [6.07, 6.45) is 0. The van der Waals surface area contributed by atoms with Crippen LogP contribution in [-0.4, -0.2) is 23.1 Å². The minimum absolute atomic E-state index is 0.0880. The van der Waals surface area contributed by atoms with Crippen molar-refractivity contribution in [2.24, 2.45) is 10.9 Å². The highest BCUT2D eigenvalue weighted by atomic mass is 35.5. The van der Waals surface area contributed by atoms with E-state index in [-0.39, 0.29) is 11.7 Å². The molecule has 1 aromatic heterocycles. The van der Waals surface area contributed by atoms with E-state index in [2.05, 4.69) is 10.1 Å². The Kier molecular flexibility index (Phi) is 2.92. The summed E-state index contributed by atoms with van der Waals surface area (Å²) in [6.45, 7) is 0. The van der Waals surface area contributed by atoms with E-state index in [9.17, 15) is 0 Å². The van der Waals surface area contributed by atoms with E-state index < -0.39 is 0 Å². The van der Waals surface area contributed by atoms with Gasteiger partial charge in [0.05, 0.1) is 7.11 Å². The number of hydrogen-bond acceptors (Lipinski definition) is 4. The van der Waals surface area contributed by atoms with Crippen LogP contribution in [0.15, 0.2) is 17.3 Å². The van der Waals surface area contributed by atoms with Crippen molar-refractivity contribution in [2.45, 2.75) is 0 Å². The first-order valence-corrected chi connectivity index (χ1v) is 3.75. The van der Waals surface area contributed by atoms with Gasteiger partial charge in [0.15, 0.2) is 5.84 Å². The minimum atomic E-state index is -0.0880. The highest BCUT2D eigenvalue weighted by Crippen LogP contribution is 2.20. The van der Waals surface area contributed by atoms with Crippen LogP contribution >= 0.6 is 11.6 Å². The van der Waals surface area contributed by atoms with Crippen molar-refractivity contribution in [3.63, 3.8) is 0 Å². The first-order chi connectivity index (χ1) is 6.19. The van der Waals surface area contributed by atoms with Crippen molar-refractivity contribution >= 4 is 17.4 Å². The van der Waals surface area contributed by atoms with Crippen LogP contribution in [0.2, 0.25) is 5.02 Å². The van der Waals surface area contributed by atoms with E-state index in [1.807, 2.05) is 0 Å². The number of ether oxygens (including phenoxy) is 1. The molecule has 0 unspecified atom stereocenters. The van der Waals surface area contributed by atoms with Crippen molar-refractivity contribution in [3.05, 3.63) is 22.8 Å². The lowest BCUT2D eigenvalue weighted by Gasteiger charge is -2.03. The molecule has 0 spiro atoms. The SMILES string of the molecule is COc1nc(C(N)=NO)ccc1Cl. The van der Waals surface area contributed by atoms with Crippen LogP contribution in [0.4, 0.5) is 0 Å². The number of pyridine rings is 1. The molecule has 3 N–H and O–H groups in total. The van der Waals surface area contributed by atoms with Gasteiger partial charge in [0.25, 0.3) is 0 Å². The second-order valence-corrected chi connectivity index (χ2v) is 2.58. The highest BCUT2D eigenvalue weighted by molar-refractivity contribution is 6.31. The second-order valence-electron chi connectivity index (χ2n) is 2.17. The van der Waals surface area contributed by atoms with Gasteiger partial charge in [0.1, 0.15) is 10.7 Å². The number of nitrogens with two attached hydrogens (primary N) is 1. The molecule has 0 atom stereocenters. The molecule has 0 aromatic carbocycles. The summed E-state index contributed by atoms with van der Waals surface area (Å²) in [6, 6.07) is 3.08. The smallest absolute Gasteiger partial charge is 0.232 e. The number of amidine groups is 1. The topological polar surface area (TPSA) is 80.7 Å². The van der Waals surface area contributed by atoms with Crippen LogP contribution in [0, 0.1) is 0 Å². The van der Waals surface area contributed by atoms with E-state index in [0.717, 1.165) is 0 Å². The van der Waals surface area contributed by atoms with Crippen molar-refractivity contribution in [2.75, 3.05) is 7.11 Å². The summed E-state index contributed by atoms with van der Waals surface area (Å²) in [4.78, 5) is 3.89. The molecule has 6 heteroatoms. The molecule has 5 nitrogen and oxygen atoms in total. The molecule has 13 heavy (non-hydrogen) atoms. The zero-order valence-corrected chi connectivity index (χ0v) is 7.62. The lowest BCUT2D eigenvalue weighted by molar-refractivity contribution is 0.318. The van der Waals surface area contributed by atoms with Crippen molar-refractivity contribution in [1.82, 2.24) is 4.98 Å². The van der Waals surface area contributed by atoms with Gasteiger partial charge in [-0.1, -0.05) is 16.8 Å². The zero-order valence-electron chi connectivity index (χ0n) is 6.86. The van der Waals surface area contributed by atoms with Gasteiger partial charge in [-0.2, -0.15) is 0 Å². The van der Waals surface area contributed by atoms with E-state index in [1.165, 1.54) is 13.2 Å². The highest BCUT2D eigenvalue weighted by Gasteiger charge is 2.06. The molecule has 0 aliphatic carbocycles. The summed E-state index contributed by atoms with van der Waals surface area (Å²) in [5, 5.41) is 11.5. The predicted molar refractivity (Wildman–Crippen MR) is 48.3 cm³/mol. The number of nitrogens with zero attached hydrogens (tertiary/aromatic N) is 2. The molecule has 1 aromatic rings. The maximum atomic E-state index is 8.37. The third-order valence-corrected chi connectivity index (χ3v) is 1.67. The number of halogens is 1. The van der Waals surface area contributed by atoms with Crippen LogP contribution in [-0.2, 0) is 0 Å². The van der Waals surface area contributed by atoms with Gasteiger partial charge in [0.2, 0.25) is 5.88 Å². The van der Waals surface area contributed by atoms with Crippen molar-refractivity contribution in [1.29, 1.82) is 0 Å². The van der Waals surface area contributed by atoms with Gasteiger partial charge in [-0.15, -0.1) is 0 Å². The maximum absolute atomic E-state index is 8.37. The largest absolute Gasteiger partial charge is 0.480 e. The number of methoxy groups -OCH3 is 1. The molecular weight excluding hydrogens is 194 g/mol. The Hall–Kier alpha value is -1.49. The molecule has 0 fully saturated rings. The van der Waals surface area contributed by atoms with Crippen LogP contribution in [0.3, 0.4) is 0 Å². The lowest BCUT2D eigenvalue weighted by atomic mass is 10.3. The molecule has 0 saturated carbocycles. The van der Waals surface area contributed by atoms with Crippen LogP contribution in [0.5, 0.6) is 5.88 Å². The summed E-state index contributed by atoms with van der Waals surface area (Å²) in [5.74, 6) is 0.153. The third-order valence-electron chi connectivity index (χ3n) is 1.38. The quantitative estimate of drug-likeness (QED) is 0.322. The van der Waals surface area contributed by atoms with Gasteiger partial charge >= 0.3 is 0 Å². The van der Waals surface area contributed by atoms with Gasteiger partial charge in [-0.25, -0.2) is 4.98 Å². The fraction of sp³-hybridized carbons (Fsp3) is 0.143. The predicted octanol–water partition coefficient (Wildman–Crippen LogP) is 0.838. The van der Waals surface area contributed by atoms with Crippen molar-refractivity contribution in [3.8, 4) is 5.88 Å². The van der Waals surface area contributed by atoms with Gasteiger partial charge in [-0.05, 0) is 12.1 Å². The Bertz CT molecular complexity index is 341. The Morgan fingerprint density at radius 3 is 2.92 bits per heavy atom. The number of aromatic nitrogens is 1. The molecule has 0 amide bonds. The molecule has 0 radical (unpaired) electrons. The number of rotatable bonds is 2. The van der Waals surface area contributed by atoms with E-state index in [0.29, 0.717) is 10.7 Å². The monoisotopic (exact) mass is 201 g/mol. The molecule has 70 valence electrons. The molecule has 0 bridgehead atoms. The van der Waals surface area contributed by atoms with Crippen LogP contribution < -0.4 is 10.5 Å². The van der Waals surface area contributed by atoms with Crippen LogP contribution in [0.25, 0.3) is 0 Å². The van der Waals surface area contributed by atoms with E-state index in [4.69, 9.17) is 27.3 Å². The maximum Gasteiger partial charge on any atom is 0.232 e. The first-order valence-electron chi connectivity index (χ1n) is 3.37. The third kappa shape index (κ3) is 2.00. The average Bonchev–Trinajstić information content (AvgIpc) is 2.17. The van der Waals surface area contributed by atoms with Crippen LogP contribution in [0.1, 0.15) is 5.69 Å². The lowest BCUT2D eigenvalue weighted by Crippen LogP contribution is -2.15. The Labute approximate surface area is 79.8 Å². The minimum Gasteiger partial charge on any atom is -0.480 e. The van der Waals surface area contributed by atoms with E-state index in [1.54, 1.807) is 6.07 Å². The average molecular weight is 202 g/mol. The van der Waals surface area contributed by atoms with Gasteiger partial charge in [-0.3, -0.25) is 0 Å². The van der Waals surface area contributed by atoms with Gasteiger partial charge in [0, 0.05) is 0 Å². The molecule has 0 saturated heterocycles. The second kappa shape index (κ2) is 3.95. The zero-order chi connectivity index (χ0) is 9.84. The Balaban J connectivity index is 3.13. The normalized spacial score (nSPS) is 11.4. The van der Waals surface area contributed by atoms with Crippen molar-refractivity contribution < 1.29 is 9.94 Å².